The number of ketones is 2. The van der Waals surface area contributed by atoms with Crippen molar-refractivity contribution in [1.29, 1.82) is 0 Å². The van der Waals surface area contributed by atoms with E-state index in [2.05, 4.69) is 10.6 Å². The van der Waals surface area contributed by atoms with E-state index in [1.54, 1.807) is 36.4 Å². The fraction of sp³-hybridized carbons (Fsp3) is 0.364. The Labute approximate surface area is 168 Å². The number of rotatable bonds is 6. The number of aliphatic hydroxyl groups excluding tert-OH is 2. The number of benzene rings is 2. The summed E-state index contributed by atoms with van der Waals surface area (Å²) in [6, 6.07) is 10.1. The third-order valence-electron chi connectivity index (χ3n) is 3.93. The monoisotopic (exact) mass is 390 g/mol. The van der Waals surface area contributed by atoms with E-state index < -0.39 is 0 Å². The summed E-state index contributed by atoms with van der Waals surface area (Å²) in [4.78, 5) is 25.9. The van der Waals surface area contributed by atoms with Crippen molar-refractivity contribution in [2.45, 2.75) is 29.7 Å². The molecule has 1 aliphatic rings. The largest absolute Gasteiger partial charge is 0.395 e. The predicted octanol–water partition coefficient (Wildman–Crippen LogP) is 3.81. The third-order valence-corrected chi connectivity index (χ3v) is 3.93. The fourth-order valence-electron chi connectivity index (χ4n) is 2.92. The fourth-order valence-corrected chi connectivity index (χ4v) is 2.92. The minimum Gasteiger partial charge on any atom is -0.395 e. The summed E-state index contributed by atoms with van der Waals surface area (Å²) in [7, 11) is 0. The second kappa shape index (κ2) is 11.9. The van der Waals surface area contributed by atoms with E-state index >= 15 is 0 Å². The zero-order valence-electron chi connectivity index (χ0n) is 13.0. The summed E-state index contributed by atoms with van der Waals surface area (Å²) in [5.41, 5.74) is 2.41. The van der Waals surface area contributed by atoms with Crippen LogP contribution in [0.2, 0.25) is 0 Å². The highest BCUT2D eigenvalue weighted by Gasteiger charge is 2.33. The number of hydrogen-bond acceptors (Lipinski definition) is 6. The molecule has 0 bridgehead atoms. The van der Waals surface area contributed by atoms with Gasteiger partial charge < -0.3 is 20.8 Å². The van der Waals surface area contributed by atoms with Gasteiger partial charge in [-0.1, -0.05) is 54.0 Å². The third kappa shape index (κ3) is 4.77. The summed E-state index contributed by atoms with van der Waals surface area (Å²) in [5.74, 6) is -0.457. The Morgan fingerprint density at radius 3 is 1.39 bits per heavy atom. The molecule has 0 atom stereocenters. The summed E-state index contributed by atoms with van der Waals surface area (Å²) >= 11 is 0. The van der Waals surface area contributed by atoms with Gasteiger partial charge in [0, 0.05) is 35.6 Å². The van der Waals surface area contributed by atoms with E-state index in [4.69, 9.17) is 10.2 Å². The zero-order valence-corrected chi connectivity index (χ0v) is 13.0. The first-order valence-electron chi connectivity index (χ1n) is 7.74. The Morgan fingerprint density at radius 1 is 0.643 bits per heavy atom. The molecule has 0 amide bonds. The van der Waals surface area contributed by atoms with Gasteiger partial charge in [0.15, 0.2) is 11.6 Å². The molecule has 4 N–H and O–H groups in total. The minimum absolute atomic E-state index is 0. The summed E-state index contributed by atoms with van der Waals surface area (Å²) in [5, 5.41) is 24.0. The number of carbonyl (C=O) groups excluding carboxylic acids is 2. The molecule has 0 aromatic heterocycles. The molecule has 0 saturated carbocycles. The number of hydrogen-bond donors (Lipinski definition) is 4. The Hall–Kier alpha value is -2.70. The van der Waals surface area contributed by atoms with Crippen molar-refractivity contribution in [1.82, 2.24) is 0 Å². The first-order chi connectivity index (χ1) is 11.7. The molecule has 0 spiro atoms. The van der Waals surface area contributed by atoms with Crippen LogP contribution in [-0.4, -0.2) is 48.1 Å². The second-order valence-electron chi connectivity index (χ2n) is 5.42. The minimum atomic E-state index is -0.248. The lowest BCUT2D eigenvalue weighted by atomic mass is 9.82. The summed E-state index contributed by atoms with van der Waals surface area (Å²) in [6.45, 7) is 0.418. The summed E-state index contributed by atoms with van der Waals surface area (Å²) in [6.07, 6.45) is 0. The van der Waals surface area contributed by atoms with Crippen LogP contribution < -0.4 is 10.6 Å². The van der Waals surface area contributed by atoms with Crippen molar-refractivity contribution < 1.29 is 19.8 Å². The second-order valence-corrected chi connectivity index (χ2v) is 5.42. The highest BCUT2D eigenvalue weighted by Crippen LogP contribution is 2.35. The number of aliphatic hydroxyl groups is 2. The van der Waals surface area contributed by atoms with E-state index in [0.29, 0.717) is 33.6 Å². The van der Waals surface area contributed by atoms with Gasteiger partial charge in [0.1, 0.15) is 0 Å². The maximum absolute atomic E-state index is 13.1. The smallest absolute Gasteiger partial charge is 0.198 e. The molecule has 28 heavy (non-hydrogen) atoms. The van der Waals surface area contributed by atoms with Crippen LogP contribution in [0.1, 0.15) is 61.5 Å². The van der Waals surface area contributed by atoms with Gasteiger partial charge >= 0.3 is 0 Å². The quantitative estimate of drug-likeness (QED) is 0.511. The van der Waals surface area contributed by atoms with Crippen molar-refractivity contribution >= 4 is 22.9 Å². The molecule has 2 aromatic rings. The Balaban J connectivity index is 0. The molecule has 0 aliphatic heterocycles. The van der Waals surface area contributed by atoms with Crippen LogP contribution in [0.3, 0.4) is 0 Å². The number of fused-ring (bicyclic) bond motifs is 2. The standard InChI is InChI=1S/C18H18N2O4.4CH4/c21-9-7-19-13-5-1-3-11-15(13)18(24)16-12(17(11)23)4-2-6-14(16)20-8-10-22;;;;/h1-6,19-22H,7-10H2;4*1H4. The van der Waals surface area contributed by atoms with Crippen molar-refractivity contribution in [3.05, 3.63) is 58.7 Å². The molecule has 156 valence electrons. The van der Waals surface area contributed by atoms with Crippen LogP contribution in [0.15, 0.2) is 36.4 Å². The molecule has 1 aliphatic carbocycles. The molecule has 0 radical (unpaired) electrons. The van der Waals surface area contributed by atoms with Crippen LogP contribution in [-0.2, 0) is 0 Å². The van der Waals surface area contributed by atoms with Crippen LogP contribution in [0.25, 0.3) is 0 Å². The van der Waals surface area contributed by atoms with E-state index in [1.807, 2.05) is 0 Å². The van der Waals surface area contributed by atoms with Gasteiger partial charge in [0.2, 0.25) is 0 Å². The molecule has 0 saturated heterocycles. The molecule has 0 heterocycles. The van der Waals surface area contributed by atoms with E-state index in [9.17, 15) is 9.59 Å². The lowest BCUT2D eigenvalue weighted by molar-refractivity contribution is 0.0980. The van der Waals surface area contributed by atoms with Gasteiger partial charge in [0.05, 0.1) is 24.3 Å². The van der Waals surface area contributed by atoms with Gasteiger partial charge in [-0.3, -0.25) is 9.59 Å². The van der Waals surface area contributed by atoms with E-state index in [1.165, 1.54) is 0 Å². The SMILES string of the molecule is C.C.C.C.O=C1c2cccc(NCCO)c2C(=O)c2c(NCCO)cccc21. The predicted molar refractivity (Wildman–Crippen MR) is 118 cm³/mol. The Morgan fingerprint density at radius 2 is 1.04 bits per heavy atom. The Bertz CT molecular complexity index is 740. The van der Waals surface area contributed by atoms with Crippen molar-refractivity contribution in [3.63, 3.8) is 0 Å². The first-order valence-corrected chi connectivity index (χ1v) is 7.74. The van der Waals surface area contributed by atoms with Crippen LogP contribution >= 0.6 is 0 Å². The average molecular weight is 391 g/mol. The number of anilines is 2. The van der Waals surface area contributed by atoms with Crippen molar-refractivity contribution in [2.24, 2.45) is 0 Å². The lowest BCUT2D eigenvalue weighted by Crippen LogP contribution is -2.24. The normalized spacial score (nSPS) is 10.8. The van der Waals surface area contributed by atoms with E-state index in [-0.39, 0.29) is 67.6 Å². The molecule has 6 heteroatoms. The van der Waals surface area contributed by atoms with Crippen LogP contribution in [0.5, 0.6) is 0 Å². The molecular formula is C22H34N2O4. The molecule has 2 aromatic carbocycles. The van der Waals surface area contributed by atoms with Gasteiger partial charge in [-0.2, -0.15) is 0 Å². The summed E-state index contributed by atoms with van der Waals surface area (Å²) < 4.78 is 0. The zero-order chi connectivity index (χ0) is 17.1. The van der Waals surface area contributed by atoms with Gasteiger partial charge in [0.25, 0.3) is 0 Å². The average Bonchev–Trinajstić information content (AvgIpc) is 2.62. The molecular weight excluding hydrogens is 356 g/mol. The maximum Gasteiger partial charge on any atom is 0.198 e. The molecule has 6 nitrogen and oxygen atoms in total. The van der Waals surface area contributed by atoms with Crippen LogP contribution in [0, 0.1) is 0 Å². The lowest BCUT2D eigenvalue weighted by Gasteiger charge is -2.23. The number of carbonyl (C=O) groups is 2. The molecule has 3 rings (SSSR count). The first kappa shape index (κ1) is 27.5. The highest BCUT2D eigenvalue weighted by molar-refractivity contribution is 6.31. The van der Waals surface area contributed by atoms with Crippen molar-refractivity contribution in [2.75, 3.05) is 36.9 Å². The molecule has 0 unspecified atom stereocenters. The van der Waals surface area contributed by atoms with Gasteiger partial charge in [-0.05, 0) is 12.1 Å². The van der Waals surface area contributed by atoms with Crippen molar-refractivity contribution in [3.8, 4) is 0 Å². The Kier molecular flexibility index (Phi) is 11.7. The van der Waals surface area contributed by atoms with Crippen LogP contribution in [0.4, 0.5) is 11.4 Å². The molecule has 0 fully saturated rings. The number of nitrogens with one attached hydrogen (secondary N) is 2. The highest BCUT2D eigenvalue weighted by atomic mass is 16.3. The topological polar surface area (TPSA) is 98.7 Å². The van der Waals surface area contributed by atoms with E-state index in [0.717, 1.165) is 0 Å². The van der Waals surface area contributed by atoms with Gasteiger partial charge in [-0.15, -0.1) is 0 Å². The van der Waals surface area contributed by atoms with Gasteiger partial charge in [-0.25, -0.2) is 0 Å². The maximum atomic E-state index is 13.1.